The normalized spacial score (nSPS) is 25.4. The predicted molar refractivity (Wildman–Crippen MR) is 88.1 cm³/mol. The van der Waals surface area contributed by atoms with Gasteiger partial charge in [-0.05, 0) is 46.6 Å². The number of hydrogen-bond acceptors (Lipinski definition) is 4. The molecule has 0 N–H and O–H groups in total. The van der Waals surface area contributed by atoms with Gasteiger partial charge in [0.25, 0.3) is 0 Å². The van der Waals surface area contributed by atoms with Gasteiger partial charge in [0.2, 0.25) is 0 Å². The van der Waals surface area contributed by atoms with Gasteiger partial charge in [0.15, 0.2) is 6.39 Å². The Morgan fingerprint density at radius 2 is 2.22 bits per heavy atom. The number of hydrogen-bond donors (Lipinski definition) is 0. The molecule has 2 amide bonds. The van der Waals surface area contributed by atoms with Crippen LogP contribution in [0.1, 0.15) is 44.1 Å². The van der Waals surface area contributed by atoms with Crippen molar-refractivity contribution in [2.24, 2.45) is 0 Å². The van der Waals surface area contributed by atoms with Crippen LogP contribution in [0.5, 0.6) is 0 Å². The minimum absolute atomic E-state index is 0.228. The van der Waals surface area contributed by atoms with E-state index in [0.29, 0.717) is 12.1 Å². The Labute approximate surface area is 138 Å². The summed E-state index contributed by atoms with van der Waals surface area (Å²) < 4.78 is 5.27. The number of likely N-dealkylation sites (tertiary alicyclic amines) is 2. The third kappa shape index (κ3) is 3.52. The van der Waals surface area contributed by atoms with Crippen molar-refractivity contribution in [1.29, 1.82) is 0 Å². The molecule has 3 heterocycles. The number of likely N-dealkylation sites (N-methyl/N-ethyl adjacent to an activating group) is 1. The van der Waals surface area contributed by atoms with Crippen LogP contribution < -0.4 is 0 Å². The van der Waals surface area contributed by atoms with Crippen LogP contribution >= 0.6 is 0 Å². The van der Waals surface area contributed by atoms with E-state index in [1.165, 1.54) is 12.8 Å². The van der Waals surface area contributed by atoms with Crippen LogP contribution in [0, 0.1) is 6.92 Å². The third-order valence-electron chi connectivity index (χ3n) is 5.35. The van der Waals surface area contributed by atoms with E-state index in [1.807, 2.05) is 11.8 Å². The average Bonchev–Trinajstić information content (AvgIpc) is 3.17. The van der Waals surface area contributed by atoms with Gasteiger partial charge in [0.05, 0.1) is 5.69 Å². The summed E-state index contributed by atoms with van der Waals surface area (Å²) in [5.41, 5.74) is 0.988. The molecule has 0 bridgehead atoms. The molecule has 1 aromatic rings. The van der Waals surface area contributed by atoms with Crippen LogP contribution in [0.15, 0.2) is 10.8 Å². The second-order valence-corrected chi connectivity index (χ2v) is 6.98. The highest BCUT2D eigenvalue weighted by atomic mass is 16.3. The lowest BCUT2D eigenvalue weighted by Gasteiger charge is -2.36. The number of amides is 2. The van der Waals surface area contributed by atoms with Gasteiger partial charge in [-0.15, -0.1) is 0 Å². The number of carbonyl (C=O) groups excluding carboxylic acids is 1. The molecule has 2 unspecified atom stereocenters. The molecule has 0 saturated carbocycles. The fourth-order valence-corrected chi connectivity index (χ4v) is 3.68. The minimum atomic E-state index is 0.228. The molecular weight excluding hydrogens is 292 g/mol. The van der Waals surface area contributed by atoms with E-state index in [1.54, 1.807) is 0 Å². The van der Waals surface area contributed by atoms with E-state index in [2.05, 4.69) is 28.8 Å². The summed E-state index contributed by atoms with van der Waals surface area (Å²) in [6.07, 6.45) is 6.04. The van der Waals surface area contributed by atoms with Crippen molar-refractivity contribution >= 4 is 6.03 Å². The Morgan fingerprint density at radius 1 is 1.39 bits per heavy atom. The second-order valence-electron chi connectivity index (χ2n) is 6.98. The molecule has 0 radical (unpaired) electrons. The van der Waals surface area contributed by atoms with Crippen molar-refractivity contribution in [2.45, 2.75) is 58.2 Å². The number of piperidine rings is 1. The summed E-state index contributed by atoms with van der Waals surface area (Å²) in [6, 6.07) is 1.01. The standard InChI is InChI=1S/C17H28N4O2/c1-13-6-4-5-8-21(13)17(22)20-9-7-15(10-20)19(3)11-16-14(2)23-12-18-16/h12-13,15H,4-11H2,1-3H3. The maximum absolute atomic E-state index is 12.8. The van der Waals surface area contributed by atoms with E-state index >= 15 is 0 Å². The summed E-state index contributed by atoms with van der Waals surface area (Å²) in [4.78, 5) is 23.4. The Bertz CT molecular complexity index is 544. The lowest BCUT2D eigenvalue weighted by molar-refractivity contribution is 0.124. The summed E-state index contributed by atoms with van der Waals surface area (Å²) >= 11 is 0. The van der Waals surface area contributed by atoms with Gasteiger partial charge in [-0.25, -0.2) is 9.78 Å². The molecule has 3 rings (SSSR count). The molecule has 6 nitrogen and oxygen atoms in total. The van der Waals surface area contributed by atoms with Gasteiger partial charge < -0.3 is 14.2 Å². The molecule has 0 aromatic carbocycles. The van der Waals surface area contributed by atoms with E-state index in [9.17, 15) is 4.79 Å². The van der Waals surface area contributed by atoms with Crippen molar-refractivity contribution in [2.75, 3.05) is 26.7 Å². The van der Waals surface area contributed by atoms with Crippen molar-refractivity contribution < 1.29 is 9.21 Å². The number of oxazole rings is 1. The highest BCUT2D eigenvalue weighted by molar-refractivity contribution is 5.75. The van der Waals surface area contributed by atoms with E-state index in [0.717, 1.165) is 56.9 Å². The highest BCUT2D eigenvalue weighted by Crippen LogP contribution is 2.22. The fourth-order valence-electron chi connectivity index (χ4n) is 3.68. The van der Waals surface area contributed by atoms with Crippen molar-refractivity contribution in [1.82, 2.24) is 19.7 Å². The van der Waals surface area contributed by atoms with Gasteiger partial charge in [0, 0.05) is 38.3 Å². The van der Waals surface area contributed by atoms with Crippen LogP contribution in [0.25, 0.3) is 0 Å². The zero-order chi connectivity index (χ0) is 16.4. The maximum atomic E-state index is 12.8. The first-order chi connectivity index (χ1) is 11.1. The number of aryl methyl sites for hydroxylation is 1. The predicted octanol–water partition coefficient (Wildman–Crippen LogP) is 2.48. The summed E-state index contributed by atoms with van der Waals surface area (Å²) in [6.45, 7) is 7.47. The molecular formula is C17H28N4O2. The van der Waals surface area contributed by atoms with Crippen LogP contribution in [0.2, 0.25) is 0 Å². The minimum Gasteiger partial charge on any atom is -0.448 e. The first kappa shape index (κ1) is 16.3. The van der Waals surface area contributed by atoms with Gasteiger partial charge in [-0.3, -0.25) is 4.90 Å². The summed E-state index contributed by atoms with van der Waals surface area (Å²) in [5.74, 6) is 0.880. The second kappa shape index (κ2) is 6.91. The lowest BCUT2D eigenvalue weighted by atomic mass is 10.0. The SMILES string of the molecule is Cc1ocnc1CN(C)C1CCN(C(=O)N2CCCCC2C)C1. The number of nitrogens with zero attached hydrogens (tertiary/aromatic N) is 4. The number of urea groups is 1. The Hall–Kier alpha value is -1.56. The average molecular weight is 320 g/mol. The van der Waals surface area contributed by atoms with Crippen molar-refractivity contribution in [3.05, 3.63) is 17.8 Å². The summed E-state index contributed by atoms with van der Waals surface area (Å²) in [7, 11) is 2.11. The first-order valence-corrected chi connectivity index (χ1v) is 8.71. The molecule has 2 atom stereocenters. The van der Waals surface area contributed by atoms with E-state index in [4.69, 9.17) is 4.42 Å². The molecule has 2 saturated heterocycles. The van der Waals surface area contributed by atoms with Crippen molar-refractivity contribution in [3.8, 4) is 0 Å². The molecule has 23 heavy (non-hydrogen) atoms. The molecule has 2 fully saturated rings. The van der Waals surface area contributed by atoms with Gasteiger partial charge in [-0.1, -0.05) is 0 Å². The monoisotopic (exact) mass is 320 g/mol. The topological polar surface area (TPSA) is 52.8 Å². The number of aromatic nitrogens is 1. The maximum Gasteiger partial charge on any atom is 0.320 e. The Kier molecular flexibility index (Phi) is 4.90. The number of carbonyl (C=O) groups is 1. The lowest BCUT2D eigenvalue weighted by Crippen LogP contribution is -2.49. The molecule has 0 aliphatic carbocycles. The zero-order valence-electron chi connectivity index (χ0n) is 14.5. The molecule has 0 spiro atoms. The van der Waals surface area contributed by atoms with E-state index < -0.39 is 0 Å². The summed E-state index contributed by atoms with van der Waals surface area (Å²) in [5, 5.41) is 0. The first-order valence-electron chi connectivity index (χ1n) is 8.71. The van der Waals surface area contributed by atoms with Gasteiger partial charge >= 0.3 is 6.03 Å². The van der Waals surface area contributed by atoms with Crippen LogP contribution in [0.3, 0.4) is 0 Å². The fraction of sp³-hybridized carbons (Fsp3) is 0.765. The highest BCUT2D eigenvalue weighted by Gasteiger charge is 2.33. The largest absolute Gasteiger partial charge is 0.448 e. The molecule has 6 heteroatoms. The Morgan fingerprint density at radius 3 is 2.91 bits per heavy atom. The zero-order valence-corrected chi connectivity index (χ0v) is 14.5. The Balaban J connectivity index is 1.55. The number of rotatable bonds is 3. The molecule has 1 aromatic heterocycles. The van der Waals surface area contributed by atoms with Crippen molar-refractivity contribution in [3.63, 3.8) is 0 Å². The smallest absolute Gasteiger partial charge is 0.320 e. The van der Waals surface area contributed by atoms with Gasteiger partial charge in [0.1, 0.15) is 5.76 Å². The van der Waals surface area contributed by atoms with E-state index in [-0.39, 0.29) is 6.03 Å². The van der Waals surface area contributed by atoms with Crippen LogP contribution in [-0.4, -0.2) is 64.5 Å². The van der Waals surface area contributed by atoms with Crippen LogP contribution in [0.4, 0.5) is 4.79 Å². The quantitative estimate of drug-likeness (QED) is 0.858. The van der Waals surface area contributed by atoms with Gasteiger partial charge in [-0.2, -0.15) is 0 Å². The van der Waals surface area contributed by atoms with Crippen LogP contribution in [-0.2, 0) is 6.54 Å². The third-order valence-corrected chi connectivity index (χ3v) is 5.35. The molecule has 2 aliphatic heterocycles. The molecule has 2 aliphatic rings. The molecule has 128 valence electrons.